The average Bonchev–Trinajstić information content (AvgIpc) is 3.68. The van der Waals surface area contributed by atoms with Crippen molar-refractivity contribution in [3.63, 3.8) is 0 Å². The maximum absolute atomic E-state index is 6.53. The van der Waals surface area contributed by atoms with E-state index in [0.717, 1.165) is 49.5 Å². The van der Waals surface area contributed by atoms with Gasteiger partial charge in [0.15, 0.2) is 5.58 Å². The van der Waals surface area contributed by atoms with Crippen molar-refractivity contribution in [3.05, 3.63) is 120 Å². The molecule has 3 aromatic heterocycles. The van der Waals surface area contributed by atoms with Crippen molar-refractivity contribution in [2.45, 2.75) is 0 Å². The number of hydrogen-bond acceptors (Lipinski definition) is 3. The number of para-hydroxylation sites is 2. The molecule has 5 heteroatoms. The fourth-order valence-electron chi connectivity index (χ4n) is 6.18. The van der Waals surface area contributed by atoms with Crippen molar-refractivity contribution in [3.8, 4) is 17.1 Å². The Morgan fingerprint density at radius 2 is 1.25 bits per heavy atom. The largest absolute Gasteiger partial charge is 0.456 e. The molecule has 3 heterocycles. The van der Waals surface area contributed by atoms with Crippen LogP contribution in [0.3, 0.4) is 0 Å². The number of fused-ring (bicyclic) bond motifs is 9. The third-order valence-electron chi connectivity index (χ3n) is 7.90. The Labute approximate surface area is 232 Å². The standard InChI is InChI=1S/C35H19ClN2O2/c36-20-13-17-31-26(19-20)33-32(39-31)18-15-27-34(33)40-35(37-27)25-14-16-30(22-8-2-1-7-21(22)25)38-28-11-5-3-9-23(28)24-10-4-6-12-29(24)38/h1-19H. The molecule has 0 bridgehead atoms. The van der Waals surface area contributed by atoms with Crippen molar-refractivity contribution in [2.24, 2.45) is 0 Å². The predicted molar refractivity (Wildman–Crippen MR) is 164 cm³/mol. The molecule has 0 saturated carbocycles. The minimum absolute atomic E-state index is 0.573. The van der Waals surface area contributed by atoms with Crippen LogP contribution in [0.1, 0.15) is 0 Å². The van der Waals surface area contributed by atoms with E-state index < -0.39 is 0 Å². The van der Waals surface area contributed by atoms with Crippen LogP contribution in [-0.2, 0) is 0 Å². The molecule has 0 radical (unpaired) electrons. The number of aromatic nitrogens is 2. The Balaban J connectivity index is 1.32. The van der Waals surface area contributed by atoms with Gasteiger partial charge in [-0.05, 0) is 60.0 Å². The first kappa shape index (κ1) is 21.8. The SMILES string of the molecule is Clc1ccc2oc3ccc4nc(-c5ccc(-n6c7ccccc7c7ccccc76)c6ccccc56)oc4c3c2c1. The summed E-state index contributed by atoms with van der Waals surface area (Å²) in [5.74, 6) is 0.573. The lowest BCUT2D eigenvalue weighted by Crippen LogP contribution is -1.96. The third kappa shape index (κ3) is 2.94. The fraction of sp³-hybridized carbons (Fsp3) is 0. The van der Waals surface area contributed by atoms with Crippen LogP contribution in [0.2, 0.25) is 5.02 Å². The molecule has 0 atom stereocenters. The van der Waals surface area contributed by atoms with Gasteiger partial charge in [-0.1, -0.05) is 72.3 Å². The average molecular weight is 535 g/mol. The van der Waals surface area contributed by atoms with Crippen LogP contribution in [-0.4, -0.2) is 9.55 Å². The maximum Gasteiger partial charge on any atom is 0.227 e. The Bertz CT molecular complexity index is 2410. The molecule has 0 unspecified atom stereocenters. The number of rotatable bonds is 2. The number of oxazole rings is 1. The number of nitrogens with zero attached hydrogens (tertiary/aromatic N) is 2. The molecule has 4 nitrogen and oxygen atoms in total. The third-order valence-corrected chi connectivity index (χ3v) is 8.14. The van der Waals surface area contributed by atoms with E-state index in [-0.39, 0.29) is 0 Å². The summed E-state index contributed by atoms with van der Waals surface area (Å²) in [7, 11) is 0. The molecule has 0 amide bonds. The van der Waals surface area contributed by atoms with E-state index >= 15 is 0 Å². The van der Waals surface area contributed by atoms with Gasteiger partial charge in [0, 0.05) is 32.1 Å². The Kier molecular flexibility index (Phi) is 4.35. The highest BCUT2D eigenvalue weighted by Gasteiger charge is 2.20. The van der Waals surface area contributed by atoms with Gasteiger partial charge < -0.3 is 13.4 Å². The highest BCUT2D eigenvalue weighted by atomic mass is 35.5. The van der Waals surface area contributed by atoms with E-state index in [0.29, 0.717) is 16.5 Å². The topological polar surface area (TPSA) is 44.1 Å². The van der Waals surface area contributed by atoms with Crippen LogP contribution in [0.5, 0.6) is 0 Å². The summed E-state index contributed by atoms with van der Waals surface area (Å²) < 4.78 is 15.0. The summed E-state index contributed by atoms with van der Waals surface area (Å²) in [6.07, 6.45) is 0. The van der Waals surface area contributed by atoms with E-state index in [9.17, 15) is 0 Å². The molecule has 40 heavy (non-hydrogen) atoms. The van der Waals surface area contributed by atoms with Crippen molar-refractivity contribution in [1.29, 1.82) is 0 Å². The van der Waals surface area contributed by atoms with Gasteiger partial charge in [0.1, 0.15) is 16.7 Å². The lowest BCUT2D eigenvalue weighted by molar-refractivity contribution is 0.623. The first-order valence-electron chi connectivity index (χ1n) is 13.2. The van der Waals surface area contributed by atoms with Crippen LogP contribution in [0.25, 0.3) is 82.8 Å². The first-order chi connectivity index (χ1) is 19.7. The Hall–Kier alpha value is -5.06. The van der Waals surface area contributed by atoms with Gasteiger partial charge >= 0.3 is 0 Å². The van der Waals surface area contributed by atoms with Crippen LogP contribution in [0.4, 0.5) is 0 Å². The molecular formula is C35H19ClN2O2. The number of benzene rings is 6. The fourth-order valence-corrected chi connectivity index (χ4v) is 6.35. The molecule has 0 N–H and O–H groups in total. The number of furan rings is 1. The molecular weight excluding hydrogens is 516 g/mol. The Morgan fingerprint density at radius 3 is 2.02 bits per heavy atom. The van der Waals surface area contributed by atoms with Gasteiger partial charge in [0.2, 0.25) is 5.89 Å². The van der Waals surface area contributed by atoms with E-state index in [1.807, 2.05) is 30.3 Å². The van der Waals surface area contributed by atoms with Gasteiger partial charge in [-0.15, -0.1) is 0 Å². The van der Waals surface area contributed by atoms with Crippen LogP contribution < -0.4 is 0 Å². The molecule has 9 rings (SSSR count). The van der Waals surface area contributed by atoms with Crippen LogP contribution in [0.15, 0.2) is 124 Å². The quantitative estimate of drug-likeness (QED) is 0.221. The molecule has 0 spiro atoms. The second kappa shape index (κ2) is 7.98. The van der Waals surface area contributed by atoms with E-state index in [1.165, 1.54) is 21.8 Å². The summed E-state index contributed by atoms with van der Waals surface area (Å²) in [5.41, 5.74) is 7.41. The number of halogens is 1. The summed E-state index contributed by atoms with van der Waals surface area (Å²) in [4.78, 5) is 4.94. The smallest absolute Gasteiger partial charge is 0.227 e. The van der Waals surface area contributed by atoms with Crippen LogP contribution in [0, 0.1) is 0 Å². The summed E-state index contributed by atoms with van der Waals surface area (Å²) in [6.45, 7) is 0. The summed E-state index contributed by atoms with van der Waals surface area (Å²) in [5, 5.41) is 7.13. The second-order valence-corrected chi connectivity index (χ2v) is 10.5. The van der Waals surface area contributed by atoms with E-state index in [2.05, 4.69) is 89.5 Å². The van der Waals surface area contributed by atoms with Gasteiger partial charge in [-0.25, -0.2) is 4.98 Å². The molecule has 0 aliphatic carbocycles. The molecule has 9 aromatic rings. The summed E-state index contributed by atoms with van der Waals surface area (Å²) in [6, 6.07) is 39.4. The minimum atomic E-state index is 0.573. The monoisotopic (exact) mass is 534 g/mol. The zero-order chi connectivity index (χ0) is 26.4. The molecule has 0 aliphatic rings. The van der Waals surface area contributed by atoms with Gasteiger partial charge in [-0.3, -0.25) is 0 Å². The highest BCUT2D eigenvalue weighted by molar-refractivity contribution is 6.32. The van der Waals surface area contributed by atoms with E-state index in [4.69, 9.17) is 25.4 Å². The number of hydrogen-bond donors (Lipinski definition) is 0. The zero-order valence-electron chi connectivity index (χ0n) is 21.1. The van der Waals surface area contributed by atoms with Crippen molar-refractivity contribution < 1.29 is 8.83 Å². The lowest BCUT2D eigenvalue weighted by Gasteiger charge is -2.13. The Morgan fingerprint density at radius 1 is 0.575 bits per heavy atom. The van der Waals surface area contributed by atoms with E-state index in [1.54, 1.807) is 0 Å². The highest BCUT2D eigenvalue weighted by Crippen LogP contribution is 2.41. The predicted octanol–water partition coefficient (Wildman–Crippen LogP) is 10.3. The zero-order valence-corrected chi connectivity index (χ0v) is 21.8. The first-order valence-corrected chi connectivity index (χ1v) is 13.5. The normalized spacial score (nSPS) is 12.1. The molecule has 0 aliphatic heterocycles. The van der Waals surface area contributed by atoms with Crippen molar-refractivity contribution in [2.75, 3.05) is 0 Å². The molecule has 0 fully saturated rings. The maximum atomic E-state index is 6.53. The van der Waals surface area contributed by atoms with Gasteiger partial charge in [0.05, 0.1) is 22.1 Å². The van der Waals surface area contributed by atoms with Gasteiger partial charge in [0.25, 0.3) is 0 Å². The second-order valence-electron chi connectivity index (χ2n) is 10.1. The lowest BCUT2D eigenvalue weighted by atomic mass is 10.0. The minimum Gasteiger partial charge on any atom is -0.456 e. The molecule has 0 saturated heterocycles. The summed E-state index contributed by atoms with van der Waals surface area (Å²) >= 11 is 6.33. The molecule has 188 valence electrons. The van der Waals surface area contributed by atoms with Crippen molar-refractivity contribution >= 4 is 77.2 Å². The molecule has 6 aromatic carbocycles. The van der Waals surface area contributed by atoms with Crippen molar-refractivity contribution in [1.82, 2.24) is 9.55 Å². The van der Waals surface area contributed by atoms with Gasteiger partial charge in [-0.2, -0.15) is 0 Å². The van der Waals surface area contributed by atoms with Crippen LogP contribution >= 0.6 is 11.6 Å².